The van der Waals surface area contributed by atoms with Gasteiger partial charge in [0.25, 0.3) is 5.91 Å². The fraction of sp³-hybridized carbons (Fsp3) is 0.176. The van der Waals surface area contributed by atoms with Crippen molar-refractivity contribution in [2.45, 2.75) is 13.3 Å². The first kappa shape index (κ1) is 16.0. The molecule has 0 fully saturated rings. The smallest absolute Gasteiger partial charge is 0.257 e. The molecule has 0 aliphatic rings. The lowest BCUT2D eigenvalue weighted by Crippen LogP contribution is -2.34. The Morgan fingerprint density at radius 2 is 1.91 bits per heavy atom. The second-order valence-corrected chi connectivity index (χ2v) is 5.10. The Morgan fingerprint density at radius 3 is 2.55 bits per heavy atom. The molecule has 0 bridgehead atoms. The van der Waals surface area contributed by atoms with Crippen molar-refractivity contribution >= 4 is 28.9 Å². The summed E-state index contributed by atoms with van der Waals surface area (Å²) in [6, 6.07) is 14.8. The van der Waals surface area contributed by atoms with Gasteiger partial charge in [0, 0.05) is 17.3 Å². The number of hydrogen-bond acceptors (Lipinski definition) is 3. The number of hydrogen-bond donors (Lipinski definition) is 2. The molecule has 0 spiro atoms. The van der Waals surface area contributed by atoms with Crippen molar-refractivity contribution < 1.29 is 9.53 Å². The average molecular weight is 314 g/mol. The van der Waals surface area contributed by atoms with Gasteiger partial charge in [-0.25, -0.2) is 0 Å². The van der Waals surface area contributed by atoms with Crippen LogP contribution < -0.4 is 15.4 Å². The highest BCUT2D eigenvalue weighted by Gasteiger charge is 2.08. The minimum absolute atomic E-state index is 0.233. The molecule has 114 valence electrons. The summed E-state index contributed by atoms with van der Waals surface area (Å²) in [4.78, 5) is 12.1. The Bertz CT molecular complexity index is 669. The van der Waals surface area contributed by atoms with E-state index in [2.05, 4.69) is 17.6 Å². The maximum atomic E-state index is 12.1. The molecule has 0 atom stereocenters. The Labute approximate surface area is 135 Å². The predicted octanol–water partition coefficient (Wildman–Crippen LogP) is 3.38. The molecule has 2 aromatic rings. The van der Waals surface area contributed by atoms with E-state index >= 15 is 0 Å². The summed E-state index contributed by atoms with van der Waals surface area (Å²) in [5.41, 5.74) is 2.52. The van der Waals surface area contributed by atoms with Crippen LogP contribution in [0.3, 0.4) is 0 Å². The van der Waals surface area contributed by atoms with E-state index in [1.165, 1.54) is 5.56 Å². The van der Waals surface area contributed by atoms with Gasteiger partial charge in [0.05, 0.1) is 7.11 Å². The van der Waals surface area contributed by atoms with Gasteiger partial charge in [-0.1, -0.05) is 25.1 Å². The summed E-state index contributed by atoms with van der Waals surface area (Å²) in [6.45, 7) is 2.07. The number of benzene rings is 2. The van der Waals surface area contributed by atoms with Gasteiger partial charge in [0.1, 0.15) is 5.75 Å². The Morgan fingerprint density at radius 1 is 1.18 bits per heavy atom. The molecule has 0 radical (unpaired) electrons. The molecule has 1 amide bonds. The second-order valence-electron chi connectivity index (χ2n) is 4.69. The molecular formula is C17H18N2O2S. The van der Waals surface area contributed by atoms with Gasteiger partial charge in [-0.15, -0.1) is 0 Å². The zero-order chi connectivity index (χ0) is 15.9. The molecule has 0 saturated carbocycles. The Hall–Kier alpha value is -2.40. The summed E-state index contributed by atoms with van der Waals surface area (Å²) < 4.78 is 5.14. The van der Waals surface area contributed by atoms with Crippen molar-refractivity contribution in [3.05, 3.63) is 59.7 Å². The molecule has 4 nitrogen and oxygen atoms in total. The van der Waals surface area contributed by atoms with Gasteiger partial charge < -0.3 is 10.1 Å². The number of nitrogens with one attached hydrogen (secondary N) is 2. The third kappa shape index (κ3) is 4.30. The van der Waals surface area contributed by atoms with Crippen molar-refractivity contribution in [3.8, 4) is 5.75 Å². The molecular weight excluding hydrogens is 296 g/mol. The van der Waals surface area contributed by atoms with Crippen LogP contribution in [0.5, 0.6) is 5.75 Å². The van der Waals surface area contributed by atoms with Crippen LogP contribution in [-0.4, -0.2) is 18.1 Å². The van der Waals surface area contributed by atoms with E-state index in [0.717, 1.165) is 12.1 Å². The molecule has 2 rings (SSSR count). The van der Waals surface area contributed by atoms with E-state index in [-0.39, 0.29) is 11.0 Å². The SMILES string of the molecule is CCc1ccc(C(=O)NC(=S)Nc2cccc(OC)c2)cc1. The summed E-state index contributed by atoms with van der Waals surface area (Å²) in [7, 11) is 1.60. The van der Waals surface area contributed by atoms with Crippen molar-refractivity contribution in [1.82, 2.24) is 5.32 Å². The molecule has 0 aliphatic carbocycles. The highest BCUT2D eigenvalue weighted by Crippen LogP contribution is 2.16. The summed E-state index contributed by atoms with van der Waals surface area (Å²) in [6.07, 6.45) is 0.942. The van der Waals surface area contributed by atoms with Crippen LogP contribution in [0.25, 0.3) is 0 Å². The highest BCUT2D eigenvalue weighted by molar-refractivity contribution is 7.80. The number of methoxy groups -OCH3 is 1. The molecule has 0 aliphatic heterocycles. The van der Waals surface area contributed by atoms with Gasteiger partial charge in [-0.2, -0.15) is 0 Å². The maximum Gasteiger partial charge on any atom is 0.257 e. The largest absolute Gasteiger partial charge is 0.497 e. The number of amides is 1. The summed E-state index contributed by atoms with van der Waals surface area (Å²) in [5.74, 6) is 0.484. The summed E-state index contributed by atoms with van der Waals surface area (Å²) >= 11 is 5.16. The Kier molecular flexibility index (Phi) is 5.49. The first-order valence-electron chi connectivity index (χ1n) is 6.97. The van der Waals surface area contributed by atoms with Crippen LogP contribution in [0.1, 0.15) is 22.8 Å². The van der Waals surface area contributed by atoms with Gasteiger partial charge in [0.15, 0.2) is 5.11 Å². The fourth-order valence-electron chi connectivity index (χ4n) is 1.93. The van der Waals surface area contributed by atoms with Gasteiger partial charge in [0.2, 0.25) is 0 Å². The number of thiocarbonyl (C=S) groups is 1. The van der Waals surface area contributed by atoms with Crippen molar-refractivity contribution in [3.63, 3.8) is 0 Å². The van der Waals surface area contributed by atoms with Crippen LogP contribution in [0.2, 0.25) is 0 Å². The van der Waals surface area contributed by atoms with Gasteiger partial charge in [-0.05, 0) is 48.5 Å². The number of aryl methyl sites for hydroxylation is 1. The monoisotopic (exact) mass is 314 g/mol. The minimum atomic E-state index is -0.233. The van der Waals surface area contributed by atoms with E-state index in [1.807, 2.05) is 30.3 Å². The van der Waals surface area contributed by atoms with E-state index < -0.39 is 0 Å². The van der Waals surface area contributed by atoms with Crippen molar-refractivity contribution in [1.29, 1.82) is 0 Å². The van der Waals surface area contributed by atoms with E-state index in [1.54, 1.807) is 25.3 Å². The fourth-order valence-corrected chi connectivity index (χ4v) is 2.14. The molecule has 5 heteroatoms. The second kappa shape index (κ2) is 7.56. The number of anilines is 1. The molecule has 0 saturated heterocycles. The van der Waals surface area contributed by atoms with Gasteiger partial charge >= 0.3 is 0 Å². The summed E-state index contributed by atoms with van der Waals surface area (Å²) in [5, 5.41) is 5.87. The van der Waals surface area contributed by atoms with Crippen LogP contribution in [0, 0.1) is 0 Å². The zero-order valence-corrected chi connectivity index (χ0v) is 13.4. The first-order valence-corrected chi connectivity index (χ1v) is 7.38. The van der Waals surface area contributed by atoms with Crippen LogP contribution in [0.15, 0.2) is 48.5 Å². The predicted molar refractivity (Wildman–Crippen MR) is 92.5 cm³/mol. The molecule has 0 aromatic heterocycles. The lowest BCUT2D eigenvalue weighted by atomic mass is 10.1. The first-order chi connectivity index (χ1) is 10.6. The van der Waals surface area contributed by atoms with E-state index in [4.69, 9.17) is 17.0 Å². The zero-order valence-electron chi connectivity index (χ0n) is 12.6. The third-order valence-corrected chi connectivity index (χ3v) is 3.38. The minimum Gasteiger partial charge on any atom is -0.497 e. The molecule has 2 aromatic carbocycles. The molecule has 22 heavy (non-hydrogen) atoms. The highest BCUT2D eigenvalue weighted by atomic mass is 32.1. The molecule has 0 heterocycles. The number of carbonyl (C=O) groups excluding carboxylic acids is 1. The van der Waals surface area contributed by atoms with Gasteiger partial charge in [-0.3, -0.25) is 10.1 Å². The van der Waals surface area contributed by atoms with Crippen LogP contribution in [0.4, 0.5) is 5.69 Å². The van der Waals surface area contributed by atoms with E-state index in [9.17, 15) is 4.79 Å². The normalized spacial score (nSPS) is 9.91. The standard InChI is InChI=1S/C17H18N2O2S/c1-3-12-7-9-13(10-8-12)16(20)19-17(22)18-14-5-4-6-15(11-14)21-2/h4-11H,3H2,1-2H3,(H2,18,19,20,22). The van der Waals surface area contributed by atoms with Crippen LogP contribution in [-0.2, 0) is 6.42 Å². The van der Waals surface area contributed by atoms with E-state index in [0.29, 0.717) is 11.3 Å². The lowest BCUT2D eigenvalue weighted by Gasteiger charge is -2.10. The Balaban J connectivity index is 1.96. The number of ether oxygens (including phenoxy) is 1. The van der Waals surface area contributed by atoms with Crippen molar-refractivity contribution in [2.24, 2.45) is 0 Å². The van der Waals surface area contributed by atoms with Crippen LogP contribution >= 0.6 is 12.2 Å². The quantitative estimate of drug-likeness (QED) is 0.850. The molecule has 2 N–H and O–H groups in total. The number of carbonyl (C=O) groups is 1. The maximum absolute atomic E-state index is 12.1. The number of rotatable bonds is 4. The lowest BCUT2D eigenvalue weighted by molar-refractivity contribution is 0.0977. The topological polar surface area (TPSA) is 50.4 Å². The molecule has 0 unspecified atom stereocenters. The van der Waals surface area contributed by atoms with Crippen molar-refractivity contribution in [2.75, 3.05) is 12.4 Å². The third-order valence-electron chi connectivity index (χ3n) is 3.18. The average Bonchev–Trinajstić information content (AvgIpc) is 2.55.